The average molecular weight is 323 g/mol. The number of amides is 1. The number of ether oxygens (including phenoxy) is 1. The molecule has 0 aliphatic rings. The zero-order valence-electron chi connectivity index (χ0n) is 12.0. The third-order valence-corrected chi connectivity index (χ3v) is 2.93. The SMILES string of the molecule is CCOC(=O)c1ccc(NC(=O)c2ccc(F)c(F)c2F)cc1. The number of hydrogen-bond donors (Lipinski definition) is 1. The number of benzene rings is 2. The van der Waals surface area contributed by atoms with Crippen molar-refractivity contribution in [2.45, 2.75) is 6.92 Å². The second kappa shape index (κ2) is 6.95. The Morgan fingerprint density at radius 2 is 1.65 bits per heavy atom. The van der Waals surface area contributed by atoms with Gasteiger partial charge in [0.25, 0.3) is 5.91 Å². The van der Waals surface area contributed by atoms with Crippen LogP contribution >= 0.6 is 0 Å². The number of rotatable bonds is 4. The summed E-state index contributed by atoms with van der Waals surface area (Å²) >= 11 is 0. The van der Waals surface area contributed by atoms with E-state index < -0.39 is 34.9 Å². The molecule has 1 amide bonds. The van der Waals surface area contributed by atoms with Crippen molar-refractivity contribution in [2.75, 3.05) is 11.9 Å². The molecule has 0 bridgehead atoms. The summed E-state index contributed by atoms with van der Waals surface area (Å²) in [5, 5.41) is 2.32. The van der Waals surface area contributed by atoms with Crippen LogP contribution in [0.5, 0.6) is 0 Å². The number of hydrogen-bond acceptors (Lipinski definition) is 3. The van der Waals surface area contributed by atoms with Crippen LogP contribution in [0.25, 0.3) is 0 Å². The summed E-state index contributed by atoms with van der Waals surface area (Å²) in [5.74, 6) is -6.11. The van der Waals surface area contributed by atoms with Gasteiger partial charge in [-0.1, -0.05) is 0 Å². The van der Waals surface area contributed by atoms with Crippen molar-refractivity contribution >= 4 is 17.6 Å². The standard InChI is InChI=1S/C16H12F3NO3/c1-2-23-16(22)9-3-5-10(6-4-9)20-15(21)11-7-8-12(17)14(19)13(11)18/h3-8H,2H2,1H3,(H,20,21). The van der Waals surface area contributed by atoms with Gasteiger partial charge >= 0.3 is 5.97 Å². The second-order valence-corrected chi connectivity index (χ2v) is 4.47. The molecule has 23 heavy (non-hydrogen) atoms. The van der Waals surface area contributed by atoms with Crippen LogP contribution in [0.15, 0.2) is 36.4 Å². The minimum Gasteiger partial charge on any atom is -0.462 e. The van der Waals surface area contributed by atoms with Crippen molar-refractivity contribution in [3.8, 4) is 0 Å². The topological polar surface area (TPSA) is 55.4 Å². The second-order valence-electron chi connectivity index (χ2n) is 4.47. The predicted octanol–water partition coefficient (Wildman–Crippen LogP) is 3.53. The van der Waals surface area contributed by atoms with E-state index in [1.807, 2.05) is 0 Å². The third kappa shape index (κ3) is 3.68. The van der Waals surface area contributed by atoms with Gasteiger partial charge in [-0.05, 0) is 43.3 Å². The zero-order chi connectivity index (χ0) is 17.0. The van der Waals surface area contributed by atoms with E-state index in [1.54, 1.807) is 6.92 Å². The van der Waals surface area contributed by atoms with Gasteiger partial charge in [-0.3, -0.25) is 4.79 Å². The molecule has 0 radical (unpaired) electrons. The number of halogens is 3. The van der Waals surface area contributed by atoms with Gasteiger partial charge in [0.05, 0.1) is 17.7 Å². The van der Waals surface area contributed by atoms with E-state index in [0.717, 1.165) is 6.07 Å². The van der Waals surface area contributed by atoms with Crippen LogP contribution in [0, 0.1) is 17.5 Å². The van der Waals surface area contributed by atoms with Crippen LogP contribution in [0.3, 0.4) is 0 Å². The van der Waals surface area contributed by atoms with E-state index in [-0.39, 0.29) is 17.9 Å². The van der Waals surface area contributed by atoms with Gasteiger partial charge in [-0.15, -0.1) is 0 Å². The van der Waals surface area contributed by atoms with Crippen LogP contribution in [-0.4, -0.2) is 18.5 Å². The number of carbonyl (C=O) groups excluding carboxylic acids is 2. The Bertz CT molecular complexity index is 745. The molecule has 0 saturated heterocycles. The number of nitrogens with one attached hydrogen (secondary N) is 1. The van der Waals surface area contributed by atoms with E-state index in [9.17, 15) is 22.8 Å². The third-order valence-electron chi connectivity index (χ3n) is 2.93. The molecule has 7 heteroatoms. The van der Waals surface area contributed by atoms with Gasteiger partial charge in [-0.25, -0.2) is 18.0 Å². The Kier molecular flexibility index (Phi) is 5.00. The lowest BCUT2D eigenvalue weighted by molar-refractivity contribution is 0.0526. The fourth-order valence-electron chi connectivity index (χ4n) is 1.80. The highest BCUT2D eigenvalue weighted by Gasteiger charge is 2.19. The van der Waals surface area contributed by atoms with Crippen molar-refractivity contribution < 1.29 is 27.5 Å². The molecule has 0 unspecified atom stereocenters. The largest absolute Gasteiger partial charge is 0.462 e. The van der Waals surface area contributed by atoms with Gasteiger partial charge in [0.2, 0.25) is 0 Å². The Morgan fingerprint density at radius 3 is 2.26 bits per heavy atom. The molecular weight excluding hydrogens is 311 g/mol. The maximum atomic E-state index is 13.5. The molecule has 120 valence electrons. The summed E-state index contributed by atoms with van der Waals surface area (Å²) < 4.78 is 44.3. The van der Waals surface area contributed by atoms with Crippen molar-refractivity contribution in [2.24, 2.45) is 0 Å². The molecule has 2 aromatic rings. The molecular formula is C16H12F3NO3. The molecule has 0 spiro atoms. The van der Waals surface area contributed by atoms with E-state index >= 15 is 0 Å². The first-order chi connectivity index (χ1) is 10.9. The normalized spacial score (nSPS) is 10.3. The smallest absolute Gasteiger partial charge is 0.338 e. The molecule has 2 rings (SSSR count). The van der Waals surface area contributed by atoms with Crippen LogP contribution in [0.4, 0.5) is 18.9 Å². The molecule has 4 nitrogen and oxygen atoms in total. The molecule has 0 aromatic heterocycles. The lowest BCUT2D eigenvalue weighted by Gasteiger charge is -2.08. The lowest BCUT2D eigenvalue weighted by Crippen LogP contribution is -2.15. The highest BCUT2D eigenvalue weighted by atomic mass is 19.2. The van der Waals surface area contributed by atoms with E-state index in [1.165, 1.54) is 24.3 Å². The number of esters is 1. The molecule has 0 atom stereocenters. The highest BCUT2D eigenvalue weighted by molar-refractivity contribution is 6.04. The molecule has 1 N–H and O–H groups in total. The van der Waals surface area contributed by atoms with Gasteiger partial charge in [0.15, 0.2) is 17.5 Å². The molecule has 0 saturated carbocycles. The molecule has 0 aliphatic carbocycles. The van der Waals surface area contributed by atoms with Crippen LogP contribution in [0.1, 0.15) is 27.6 Å². The zero-order valence-corrected chi connectivity index (χ0v) is 12.0. The van der Waals surface area contributed by atoms with Gasteiger partial charge in [0, 0.05) is 5.69 Å². The van der Waals surface area contributed by atoms with Crippen molar-refractivity contribution in [3.63, 3.8) is 0 Å². The highest BCUT2D eigenvalue weighted by Crippen LogP contribution is 2.17. The van der Waals surface area contributed by atoms with Gasteiger partial charge in [0.1, 0.15) is 0 Å². The minimum absolute atomic E-state index is 0.229. The summed E-state index contributed by atoms with van der Waals surface area (Å²) in [6, 6.07) is 7.14. The molecule has 2 aromatic carbocycles. The van der Waals surface area contributed by atoms with E-state index in [4.69, 9.17) is 4.74 Å². The van der Waals surface area contributed by atoms with Crippen molar-refractivity contribution in [1.82, 2.24) is 0 Å². The van der Waals surface area contributed by atoms with Gasteiger partial charge in [-0.2, -0.15) is 0 Å². The fraction of sp³-hybridized carbons (Fsp3) is 0.125. The quantitative estimate of drug-likeness (QED) is 0.692. The monoisotopic (exact) mass is 323 g/mol. The van der Waals surface area contributed by atoms with E-state index in [0.29, 0.717) is 6.07 Å². The van der Waals surface area contributed by atoms with Gasteiger partial charge < -0.3 is 10.1 Å². The van der Waals surface area contributed by atoms with Crippen LogP contribution in [-0.2, 0) is 4.74 Å². The molecule has 0 heterocycles. The fourth-order valence-corrected chi connectivity index (χ4v) is 1.80. The van der Waals surface area contributed by atoms with E-state index in [2.05, 4.69) is 5.32 Å². The first-order valence-corrected chi connectivity index (χ1v) is 6.66. The minimum atomic E-state index is -1.71. The van der Waals surface area contributed by atoms with Crippen molar-refractivity contribution in [3.05, 3.63) is 65.0 Å². The van der Waals surface area contributed by atoms with Crippen molar-refractivity contribution in [1.29, 1.82) is 0 Å². The lowest BCUT2D eigenvalue weighted by atomic mass is 10.1. The van der Waals surface area contributed by atoms with Crippen LogP contribution < -0.4 is 5.32 Å². The Hall–Kier alpha value is -2.83. The first-order valence-electron chi connectivity index (χ1n) is 6.66. The summed E-state index contributed by atoms with van der Waals surface area (Å²) in [6.45, 7) is 1.90. The predicted molar refractivity (Wildman–Crippen MR) is 76.7 cm³/mol. The number of anilines is 1. The average Bonchev–Trinajstić information content (AvgIpc) is 2.53. The summed E-state index contributed by atoms with van der Waals surface area (Å²) in [6.07, 6.45) is 0. The Labute approximate surface area is 129 Å². The van der Waals surface area contributed by atoms with Crippen LogP contribution in [0.2, 0.25) is 0 Å². The molecule has 0 fully saturated rings. The summed E-state index contributed by atoms with van der Waals surface area (Å²) in [4.78, 5) is 23.4. The summed E-state index contributed by atoms with van der Waals surface area (Å²) in [7, 11) is 0. The maximum Gasteiger partial charge on any atom is 0.338 e. The number of carbonyl (C=O) groups is 2. The maximum absolute atomic E-state index is 13.5. The Morgan fingerprint density at radius 1 is 1.00 bits per heavy atom. The Balaban J connectivity index is 2.15. The molecule has 0 aliphatic heterocycles. The first kappa shape index (κ1) is 16.5. The summed E-state index contributed by atoms with van der Waals surface area (Å²) in [5.41, 5.74) is -0.0885.